The summed E-state index contributed by atoms with van der Waals surface area (Å²) in [5.41, 5.74) is 0.331. The van der Waals surface area contributed by atoms with Crippen molar-refractivity contribution in [2.45, 2.75) is 0 Å². The molecule has 0 spiro atoms. The second-order valence-electron chi connectivity index (χ2n) is 1.87. The molecule has 3 nitrogen and oxygen atoms in total. The number of nitrogens with zero attached hydrogens (tertiary/aromatic N) is 1. The highest BCUT2D eigenvalue weighted by Gasteiger charge is 2.00. The lowest BCUT2D eigenvalue weighted by molar-refractivity contribution is 0.0697. The summed E-state index contributed by atoms with van der Waals surface area (Å²) in [6.45, 7) is 0. The number of carbonyl (C=O) groups is 1. The number of carboxylic acids is 1. The number of aromatic carboxylic acids is 1. The maximum absolute atomic E-state index is 10.2. The largest absolute Gasteiger partial charge is 0.478 e. The van der Waals surface area contributed by atoms with Gasteiger partial charge < -0.3 is 9.67 Å². The minimum atomic E-state index is -0.879. The first-order chi connectivity index (χ1) is 4.20. The van der Waals surface area contributed by atoms with Gasteiger partial charge in [-0.3, -0.25) is 0 Å². The topological polar surface area (TPSA) is 42.2 Å². The Hall–Kier alpha value is -1.25. The molecule has 1 rings (SSSR count). The van der Waals surface area contributed by atoms with E-state index < -0.39 is 5.97 Å². The van der Waals surface area contributed by atoms with Crippen molar-refractivity contribution in [1.82, 2.24) is 4.57 Å². The molecule has 0 unspecified atom stereocenters. The van der Waals surface area contributed by atoms with Crippen molar-refractivity contribution in [1.29, 1.82) is 0 Å². The van der Waals surface area contributed by atoms with Crippen molar-refractivity contribution in [2.24, 2.45) is 7.05 Å². The Balaban J connectivity index is 2.98. The van der Waals surface area contributed by atoms with E-state index in [1.54, 1.807) is 30.1 Å². The van der Waals surface area contributed by atoms with E-state index in [0.717, 1.165) is 0 Å². The minimum absolute atomic E-state index is 0.331. The molecule has 0 saturated heterocycles. The van der Waals surface area contributed by atoms with Gasteiger partial charge in [0.05, 0.1) is 5.56 Å². The first-order valence-corrected chi connectivity index (χ1v) is 2.55. The van der Waals surface area contributed by atoms with Gasteiger partial charge in [0.2, 0.25) is 0 Å². The van der Waals surface area contributed by atoms with Crippen LogP contribution in [0, 0.1) is 0 Å². The van der Waals surface area contributed by atoms with Gasteiger partial charge in [0.15, 0.2) is 0 Å². The highest BCUT2D eigenvalue weighted by atomic mass is 16.4. The Morgan fingerprint density at radius 2 is 2.44 bits per heavy atom. The van der Waals surface area contributed by atoms with E-state index in [0.29, 0.717) is 5.56 Å². The zero-order valence-corrected chi connectivity index (χ0v) is 5.03. The minimum Gasteiger partial charge on any atom is -0.478 e. The molecule has 0 aliphatic heterocycles. The summed E-state index contributed by atoms with van der Waals surface area (Å²) in [5.74, 6) is -0.879. The Kier molecular flexibility index (Phi) is 1.26. The predicted octanol–water partition coefficient (Wildman–Crippen LogP) is 0.723. The standard InChI is InChI=1S/C6H7NO2/c1-7-3-2-5(4-7)6(8)9/h2-4H,1H3,(H,8,9). The lowest BCUT2D eigenvalue weighted by Crippen LogP contribution is -1.92. The SMILES string of the molecule is Cn1ccc(C(=O)O)c1. The van der Waals surface area contributed by atoms with Crippen LogP contribution in [0.25, 0.3) is 0 Å². The third kappa shape index (κ3) is 1.10. The van der Waals surface area contributed by atoms with E-state index in [9.17, 15) is 4.79 Å². The van der Waals surface area contributed by atoms with Crippen LogP contribution in [0.5, 0.6) is 0 Å². The summed E-state index contributed by atoms with van der Waals surface area (Å²) >= 11 is 0. The number of hydrogen-bond donors (Lipinski definition) is 1. The van der Waals surface area contributed by atoms with Crippen LogP contribution in [-0.4, -0.2) is 15.6 Å². The molecule has 0 aliphatic carbocycles. The Morgan fingerprint density at radius 1 is 1.78 bits per heavy atom. The summed E-state index contributed by atoms with van der Waals surface area (Å²) in [5, 5.41) is 8.38. The summed E-state index contributed by atoms with van der Waals surface area (Å²) in [4.78, 5) is 10.2. The average Bonchev–Trinajstić information content (AvgIpc) is 2.14. The maximum atomic E-state index is 10.2. The normalized spacial score (nSPS) is 9.44. The second kappa shape index (κ2) is 1.93. The summed E-state index contributed by atoms with van der Waals surface area (Å²) in [6, 6.07) is 1.56. The van der Waals surface area contributed by atoms with Crippen LogP contribution in [0.3, 0.4) is 0 Å². The molecule has 0 aliphatic rings. The van der Waals surface area contributed by atoms with Crippen LogP contribution in [-0.2, 0) is 7.05 Å². The quantitative estimate of drug-likeness (QED) is 0.601. The van der Waals surface area contributed by atoms with Gasteiger partial charge in [-0.2, -0.15) is 0 Å². The van der Waals surface area contributed by atoms with Crippen LogP contribution < -0.4 is 0 Å². The Labute approximate surface area is 52.5 Å². The van der Waals surface area contributed by atoms with Crippen LogP contribution in [0.4, 0.5) is 0 Å². The zero-order valence-electron chi connectivity index (χ0n) is 5.03. The molecule has 0 atom stereocenters. The summed E-state index contributed by atoms with van der Waals surface area (Å²) in [7, 11) is 1.78. The van der Waals surface area contributed by atoms with Gasteiger partial charge >= 0.3 is 5.97 Å². The molecule has 9 heavy (non-hydrogen) atoms. The van der Waals surface area contributed by atoms with Gasteiger partial charge in [-0.15, -0.1) is 0 Å². The third-order valence-electron chi connectivity index (χ3n) is 1.08. The molecule has 0 radical (unpaired) electrons. The van der Waals surface area contributed by atoms with E-state index in [2.05, 4.69) is 0 Å². The second-order valence-corrected chi connectivity index (χ2v) is 1.87. The summed E-state index contributed by atoms with van der Waals surface area (Å²) < 4.78 is 1.70. The predicted molar refractivity (Wildman–Crippen MR) is 32.4 cm³/mol. The van der Waals surface area contributed by atoms with E-state index >= 15 is 0 Å². The zero-order chi connectivity index (χ0) is 6.85. The van der Waals surface area contributed by atoms with Crippen LogP contribution in [0.1, 0.15) is 10.4 Å². The molecule has 1 aromatic heterocycles. The molecular weight excluding hydrogens is 118 g/mol. The van der Waals surface area contributed by atoms with Gasteiger partial charge in [0, 0.05) is 19.4 Å². The number of carboxylic acid groups (broad SMARTS) is 1. The van der Waals surface area contributed by atoms with Gasteiger partial charge in [0.25, 0.3) is 0 Å². The van der Waals surface area contributed by atoms with E-state index in [1.165, 1.54) is 0 Å². The molecular formula is C6H7NO2. The monoisotopic (exact) mass is 125 g/mol. The highest BCUT2D eigenvalue weighted by Crippen LogP contribution is 1.97. The maximum Gasteiger partial charge on any atom is 0.337 e. The number of hydrogen-bond acceptors (Lipinski definition) is 1. The number of aryl methyl sites for hydroxylation is 1. The van der Waals surface area contributed by atoms with Crippen molar-refractivity contribution in [3.63, 3.8) is 0 Å². The lowest BCUT2D eigenvalue weighted by atomic mass is 10.4. The molecule has 0 fully saturated rings. The molecule has 0 saturated carbocycles. The Morgan fingerprint density at radius 3 is 2.67 bits per heavy atom. The van der Waals surface area contributed by atoms with Crippen molar-refractivity contribution in [3.05, 3.63) is 24.0 Å². The van der Waals surface area contributed by atoms with E-state index in [-0.39, 0.29) is 0 Å². The van der Waals surface area contributed by atoms with Gasteiger partial charge in [-0.05, 0) is 6.07 Å². The van der Waals surface area contributed by atoms with Crippen molar-refractivity contribution < 1.29 is 9.90 Å². The van der Waals surface area contributed by atoms with Crippen molar-refractivity contribution >= 4 is 5.97 Å². The molecule has 1 heterocycles. The molecule has 1 N–H and O–H groups in total. The van der Waals surface area contributed by atoms with Crippen LogP contribution in [0.2, 0.25) is 0 Å². The lowest BCUT2D eigenvalue weighted by Gasteiger charge is -1.83. The molecule has 0 amide bonds. The molecule has 48 valence electrons. The first-order valence-electron chi connectivity index (χ1n) is 2.55. The summed E-state index contributed by atoms with van der Waals surface area (Å²) in [6.07, 6.45) is 3.26. The highest BCUT2D eigenvalue weighted by molar-refractivity contribution is 5.87. The van der Waals surface area contributed by atoms with Crippen LogP contribution in [0.15, 0.2) is 18.5 Å². The first kappa shape index (κ1) is 5.88. The van der Waals surface area contributed by atoms with Gasteiger partial charge in [-0.25, -0.2) is 4.79 Å². The number of rotatable bonds is 1. The van der Waals surface area contributed by atoms with E-state index in [1.807, 2.05) is 0 Å². The fourth-order valence-corrected chi connectivity index (χ4v) is 0.630. The van der Waals surface area contributed by atoms with E-state index in [4.69, 9.17) is 5.11 Å². The fraction of sp³-hybridized carbons (Fsp3) is 0.167. The van der Waals surface area contributed by atoms with Crippen molar-refractivity contribution in [2.75, 3.05) is 0 Å². The third-order valence-corrected chi connectivity index (χ3v) is 1.08. The van der Waals surface area contributed by atoms with Gasteiger partial charge in [-0.1, -0.05) is 0 Å². The molecule has 0 bridgehead atoms. The van der Waals surface area contributed by atoms with Crippen LogP contribution >= 0.6 is 0 Å². The Bertz CT molecular complexity index is 227. The van der Waals surface area contributed by atoms with Gasteiger partial charge in [0.1, 0.15) is 0 Å². The average molecular weight is 125 g/mol. The molecule has 1 aromatic rings. The smallest absolute Gasteiger partial charge is 0.337 e. The van der Waals surface area contributed by atoms with Crippen molar-refractivity contribution in [3.8, 4) is 0 Å². The fourth-order valence-electron chi connectivity index (χ4n) is 0.630. The molecule has 0 aromatic carbocycles. The number of aromatic nitrogens is 1. The molecule has 3 heteroatoms.